The van der Waals surface area contributed by atoms with E-state index >= 15 is 0 Å². The van der Waals surface area contributed by atoms with Crippen LogP contribution in [0.25, 0.3) is 0 Å². The van der Waals surface area contributed by atoms with E-state index < -0.39 is 0 Å². The largest absolute Gasteiger partial charge is 0.497 e. The molecule has 0 aliphatic rings. The zero-order valence-electron chi connectivity index (χ0n) is 15.9. The Kier molecular flexibility index (Phi) is 6.62. The number of anilines is 3. The van der Waals surface area contributed by atoms with Crippen LogP contribution in [-0.2, 0) is 11.2 Å². The van der Waals surface area contributed by atoms with Gasteiger partial charge in [-0.1, -0.05) is 0 Å². The molecule has 11 heteroatoms. The fraction of sp³-hybridized carbons (Fsp3) is 0.222. The quantitative estimate of drug-likeness (QED) is 0.500. The second-order valence-electron chi connectivity index (χ2n) is 5.68. The molecule has 0 fully saturated rings. The molecule has 0 atom stereocenters. The third-order valence-electron chi connectivity index (χ3n) is 3.78. The first-order chi connectivity index (χ1) is 14.0. The van der Waals surface area contributed by atoms with Crippen LogP contribution in [0.4, 0.5) is 16.0 Å². The van der Waals surface area contributed by atoms with E-state index in [9.17, 15) is 9.59 Å². The molecule has 1 aromatic carbocycles. The standard InChI is InChI=1S/C18H19N5O4S2/c1-19-15(24)6-10-8-28-17(20-10)23-16(25)13-9-29-18(22-13)21-12-5-4-11(26-2)7-14(12)27-3/h4-5,7-9H,6H2,1-3H3,(H,19,24)(H,21,22)(H,20,23,25). The van der Waals surface area contributed by atoms with Crippen LogP contribution in [0.3, 0.4) is 0 Å². The normalized spacial score (nSPS) is 10.3. The van der Waals surface area contributed by atoms with Gasteiger partial charge in [-0.05, 0) is 12.1 Å². The first-order valence-corrected chi connectivity index (χ1v) is 10.2. The fourth-order valence-electron chi connectivity index (χ4n) is 2.31. The molecule has 0 saturated carbocycles. The number of likely N-dealkylation sites (N-methyl/N-ethyl adjacent to an activating group) is 1. The van der Waals surface area contributed by atoms with Gasteiger partial charge in [0.05, 0.1) is 32.0 Å². The average Bonchev–Trinajstić information content (AvgIpc) is 3.37. The second-order valence-corrected chi connectivity index (χ2v) is 7.39. The molecule has 0 aliphatic heterocycles. The lowest BCUT2D eigenvalue weighted by atomic mass is 10.3. The predicted octanol–water partition coefficient (Wildman–Crippen LogP) is 2.90. The number of hydrogen-bond donors (Lipinski definition) is 3. The number of ether oxygens (including phenoxy) is 2. The van der Waals surface area contributed by atoms with E-state index in [-0.39, 0.29) is 23.9 Å². The lowest BCUT2D eigenvalue weighted by Gasteiger charge is -2.10. The van der Waals surface area contributed by atoms with Gasteiger partial charge in [-0.2, -0.15) is 0 Å². The number of amides is 2. The number of methoxy groups -OCH3 is 2. The first-order valence-electron chi connectivity index (χ1n) is 8.43. The third-order valence-corrected chi connectivity index (χ3v) is 5.34. The van der Waals surface area contributed by atoms with Gasteiger partial charge in [0, 0.05) is 23.9 Å². The van der Waals surface area contributed by atoms with Crippen molar-refractivity contribution >= 4 is 50.4 Å². The van der Waals surface area contributed by atoms with Crippen LogP contribution in [-0.4, -0.2) is 43.0 Å². The lowest BCUT2D eigenvalue weighted by molar-refractivity contribution is -0.120. The zero-order valence-corrected chi connectivity index (χ0v) is 17.6. The Morgan fingerprint density at radius 3 is 2.59 bits per heavy atom. The highest BCUT2D eigenvalue weighted by Gasteiger charge is 2.15. The van der Waals surface area contributed by atoms with Crippen molar-refractivity contribution in [3.63, 3.8) is 0 Å². The van der Waals surface area contributed by atoms with Crippen molar-refractivity contribution in [1.82, 2.24) is 15.3 Å². The van der Waals surface area contributed by atoms with Crippen molar-refractivity contribution in [3.05, 3.63) is 40.3 Å². The van der Waals surface area contributed by atoms with Crippen LogP contribution in [0, 0.1) is 0 Å². The average molecular weight is 434 g/mol. The van der Waals surface area contributed by atoms with Crippen LogP contribution < -0.4 is 25.4 Å². The highest BCUT2D eigenvalue weighted by atomic mass is 32.1. The molecule has 29 heavy (non-hydrogen) atoms. The molecule has 152 valence electrons. The number of benzene rings is 1. The molecule has 0 radical (unpaired) electrons. The first kappa shape index (κ1) is 20.6. The van der Waals surface area contributed by atoms with Crippen molar-refractivity contribution < 1.29 is 19.1 Å². The molecular weight excluding hydrogens is 414 g/mol. The van der Waals surface area contributed by atoms with Crippen LogP contribution in [0.2, 0.25) is 0 Å². The van der Waals surface area contributed by atoms with Crippen LogP contribution >= 0.6 is 22.7 Å². The number of rotatable bonds is 8. The maximum atomic E-state index is 12.4. The smallest absolute Gasteiger partial charge is 0.276 e. The summed E-state index contributed by atoms with van der Waals surface area (Å²) in [5, 5.41) is 12.7. The fourth-order valence-corrected chi connectivity index (χ4v) is 3.72. The van der Waals surface area contributed by atoms with E-state index in [2.05, 4.69) is 25.9 Å². The van der Waals surface area contributed by atoms with E-state index in [1.165, 1.54) is 22.7 Å². The Bertz CT molecular complexity index is 1020. The van der Waals surface area contributed by atoms with Crippen LogP contribution in [0.15, 0.2) is 29.0 Å². The second kappa shape index (κ2) is 9.34. The van der Waals surface area contributed by atoms with Gasteiger partial charge >= 0.3 is 0 Å². The number of thiazole rings is 2. The number of hydrogen-bond acceptors (Lipinski definition) is 9. The summed E-state index contributed by atoms with van der Waals surface area (Å²) in [5.41, 5.74) is 1.55. The molecule has 0 unspecified atom stereocenters. The van der Waals surface area contributed by atoms with Crippen molar-refractivity contribution in [2.75, 3.05) is 31.9 Å². The molecule has 0 spiro atoms. The summed E-state index contributed by atoms with van der Waals surface area (Å²) < 4.78 is 10.5. The third kappa shape index (κ3) is 5.21. The van der Waals surface area contributed by atoms with E-state index in [0.717, 1.165) is 0 Å². The van der Waals surface area contributed by atoms with E-state index in [0.29, 0.717) is 33.1 Å². The molecule has 2 amide bonds. The van der Waals surface area contributed by atoms with Gasteiger partial charge in [-0.25, -0.2) is 9.97 Å². The van der Waals surface area contributed by atoms with Gasteiger partial charge in [0.1, 0.15) is 17.2 Å². The Labute approximate surface area is 175 Å². The Morgan fingerprint density at radius 2 is 1.86 bits per heavy atom. The van der Waals surface area contributed by atoms with E-state index in [4.69, 9.17) is 9.47 Å². The van der Waals surface area contributed by atoms with Gasteiger partial charge in [-0.15, -0.1) is 22.7 Å². The van der Waals surface area contributed by atoms with Crippen molar-refractivity contribution in [3.8, 4) is 11.5 Å². The molecule has 3 aromatic rings. The monoisotopic (exact) mass is 433 g/mol. The Morgan fingerprint density at radius 1 is 1.07 bits per heavy atom. The van der Waals surface area contributed by atoms with Crippen LogP contribution in [0.1, 0.15) is 16.2 Å². The van der Waals surface area contributed by atoms with Crippen molar-refractivity contribution in [1.29, 1.82) is 0 Å². The minimum absolute atomic E-state index is 0.141. The zero-order chi connectivity index (χ0) is 20.8. The number of aromatic nitrogens is 2. The van der Waals surface area contributed by atoms with Gasteiger partial charge in [0.2, 0.25) is 5.91 Å². The van der Waals surface area contributed by atoms with Crippen molar-refractivity contribution in [2.24, 2.45) is 0 Å². The summed E-state index contributed by atoms with van der Waals surface area (Å²) in [6.07, 6.45) is 0.164. The lowest BCUT2D eigenvalue weighted by Crippen LogP contribution is -2.20. The maximum absolute atomic E-state index is 12.4. The molecule has 0 aliphatic carbocycles. The van der Waals surface area contributed by atoms with Gasteiger partial charge in [0.15, 0.2) is 10.3 Å². The minimum Gasteiger partial charge on any atom is -0.497 e. The van der Waals surface area contributed by atoms with Gasteiger partial charge < -0.3 is 20.1 Å². The van der Waals surface area contributed by atoms with E-state index in [1.807, 2.05) is 6.07 Å². The highest BCUT2D eigenvalue weighted by molar-refractivity contribution is 7.14. The predicted molar refractivity (Wildman–Crippen MR) is 113 cm³/mol. The number of nitrogens with zero attached hydrogens (tertiary/aromatic N) is 2. The minimum atomic E-state index is -0.378. The topological polar surface area (TPSA) is 114 Å². The van der Waals surface area contributed by atoms with Gasteiger partial charge in [0.25, 0.3) is 5.91 Å². The molecule has 0 saturated heterocycles. The number of nitrogens with one attached hydrogen (secondary N) is 3. The summed E-state index contributed by atoms with van der Waals surface area (Å²) in [4.78, 5) is 32.4. The molecule has 2 aromatic heterocycles. The summed E-state index contributed by atoms with van der Waals surface area (Å²) >= 11 is 2.54. The van der Waals surface area contributed by atoms with Crippen molar-refractivity contribution in [2.45, 2.75) is 6.42 Å². The van der Waals surface area contributed by atoms with Gasteiger partial charge in [-0.3, -0.25) is 14.9 Å². The molecule has 9 nitrogen and oxygen atoms in total. The SMILES string of the molecule is CNC(=O)Cc1csc(NC(=O)c2csc(Nc3ccc(OC)cc3OC)n2)n1. The molecule has 2 heterocycles. The molecular formula is C18H19N5O4S2. The Hall–Kier alpha value is -3.18. The van der Waals surface area contributed by atoms with Crippen LogP contribution in [0.5, 0.6) is 11.5 Å². The summed E-state index contributed by atoms with van der Waals surface area (Å²) in [6.45, 7) is 0. The van der Waals surface area contributed by atoms with E-state index in [1.54, 1.807) is 44.2 Å². The Balaban J connectivity index is 1.65. The number of carbonyl (C=O) groups excluding carboxylic acids is 2. The number of carbonyl (C=O) groups is 2. The molecule has 3 rings (SSSR count). The summed E-state index contributed by atoms with van der Waals surface area (Å²) in [6, 6.07) is 5.36. The molecule has 3 N–H and O–H groups in total. The maximum Gasteiger partial charge on any atom is 0.276 e. The summed E-state index contributed by atoms with van der Waals surface area (Å²) in [7, 11) is 4.71. The molecule has 0 bridgehead atoms. The summed E-state index contributed by atoms with van der Waals surface area (Å²) in [5.74, 6) is 0.747. The highest BCUT2D eigenvalue weighted by Crippen LogP contribution is 2.32.